The minimum Gasteiger partial charge on any atom is -0.327 e. The molecule has 0 amide bonds. The summed E-state index contributed by atoms with van der Waals surface area (Å²) in [6.45, 7) is 4.46. The quantitative estimate of drug-likeness (QED) is 0.824. The first-order valence-electron chi connectivity index (χ1n) is 6.57. The molecule has 1 aliphatic carbocycles. The van der Waals surface area contributed by atoms with Gasteiger partial charge in [-0.2, -0.15) is 0 Å². The van der Waals surface area contributed by atoms with E-state index in [1.807, 2.05) is 0 Å². The molecule has 0 heterocycles. The summed E-state index contributed by atoms with van der Waals surface area (Å²) in [5, 5.41) is 0. The monoisotopic (exact) mass is 217 g/mol. The summed E-state index contributed by atoms with van der Waals surface area (Å²) >= 11 is 0. The number of fused-ring (bicyclic) bond motifs is 1. The zero-order valence-corrected chi connectivity index (χ0v) is 10.5. The molecular formula is C15H23N. The molecule has 88 valence electrons. The maximum absolute atomic E-state index is 6.20. The first kappa shape index (κ1) is 11.7. The van der Waals surface area contributed by atoms with Crippen LogP contribution in [0, 0.1) is 5.92 Å². The van der Waals surface area contributed by atoms with E-state index in [1.165, 1.54) is 31.2 Å². The van der Waals surface area contributed by atoms with Gasteiger partial charge in [0.15, 0.2) is 0 Å². The van der Waals surface area contributed by atoms with Crippen LogP contribution in [0.1, 0.15) is 43.4 Å². The first-order valence-corrected chi connectivity index (χ1v) is 6.57. The number of rotatable bonds is 4. The maximum Gasteiger partial charge on any atom is 0.0105 e. The molecule has 0 radical (unpaired) electrons. The molecule has 2 N–H and O–H groups in total. The van der Waals surface area contributed by atoms with Gasteiger partial charge in [0.1, 0.15) is 0 Å². The second-order valence-electron chi connectivity index (χ2n) is 5.21. The van der Waals surface area contributed by atoms with Gasteiger partial charge in [0.05, 0.1) is 0 Å². The Morgan fingerprint density at radius 1 is 1.25 bits per heavy atom. The smallest absolute Gasteiger partial charge is 0.0105 e. The summed E-state index contributed by atoms with van der Waals surface area (Å²) in [4.78, 5) is 0. The lowest BCUT2D eigenvalue weighted by Gasteiger charge is -2.18. The minimum absolute atomic E-state index is 0.310. The minimum atomic E-state index is 0.310. The highest BCUT2D eigenvalue weighted by atomic mass is 14.6. The van der Waals surface area contributed by atoms with Gasteiger partial charge in [-0.25, -0.2) is 0 Å². The summed E-state index contributed by atoms with van der Waals surface area (Å²) in [7, 11) is 0. The second-order valence-corrected chi connectivity index (χ2v) is 5.21. The van der Waals surface area contributed by atoms with Crippen molar-refractivity contribution in [3.8, 4) is 0 Å². The van der Waals surface area contributed by atoms with Gasteiger partial charge in [0.2, 0.25) is 0 Å². The van der Waals surface area contributed by atoms with Crippen molar-refractivity contribution in [2.24, 2.45) is 11.7 Å². The SMILES string of the molecule is CCC(C)C(N)Cc1ccc2c(c1)CCC2. The number of benzene rings is 1. The van der Waals surface area contributed by atoms with Crippen molar-refractivity contribution in [3.05, 3.63) is 34.9 Å². The third-order valence-corrected chi connectivity index (χ3v) is 4.01. The molecule has 0 saturated heterocycles. The molecule has 2 atom stereocenters. The van der Waals surface area contributed by atoms with Crippen LogP contribution in [0.25, 0.3) is 0 Å². The Labute approximate surface area is 99.0 Å². The molecule has 1 heteroatoms. The summed E-state index contributed by atoms with van der Waals surface area (Å²) in [5.74, 6) is 0.619. The van der Waals surface area contributed by atoms with Gasteiger partial charge in [-0.05, 0) is 48.3 Å². The van der Waals surface area contributed by atoms with E-state index >= 15 is 0 Å². The predicted molar refractivity (Wildman–Crippen MR) is 69.6 cm³/mol. The Morgan fingerprint density at radius 2 is 2.00 bits per heavy atom. The van der Waals surface area contributed by atoms with E-state index in [2.05, 4.69) is 32.0 Å². The third kappa shape index (κ3) is 2.46. The van der Waals surface area contributed by atoms with E-state index in [4.69, 9.17) is 5.73 Å². The highest BCUT2D eigenvalue weighted by molar-refractivity contribution is 5.35. The number of nitrogens with two attached hydrogens (primary N) is 1. The first-order chi connectivity index (χ1) is 7.70. The van der Waals surface area contributed by atoms with Gasteiger partial charge in [0, 0.05) is 6.04 Å². The fourth-order valence-electron chi connectivity index (χ4n) is 2.53. The van der Waals surface area contributed by atoms with Crippen molar-refractivity contribution < 1.29 is 0 Å². The van der Waals surface area contributed by atoms with E-state index in [-0.39, 0.29) is 0 Å². The molecule has 16 heavy (non-hydrogen) atoms. The van der Waals surface area contributed by atoms with E-state index < -0.39 is 0 Å². The van der Waals surface area contributed by atoms with Gasteiger partial charge in [0.25, 0.3) is 0 Å². The Balaban J connectivity index is 2.05. The molecule has 0 aromatic heterocycles. The summed E-state index contributed by atoms with van der Waals surface area (Å²) in [5.41, 5.74) is 10.7. The fraction of sp³-hybridized carbons (Fsp3) is 0.600. The van der Waals surface area contributed by atoms with Gasteiger partial charge in [-0.3, -0.25) is 0 Å². The summed E-state index contributed by atoms with van der Waals surface area (Å²) in [6, 6.07) is 7.27. The lowest BCUT2D eigenvalue weighted by molar-refractivity contribution is 0.440. The molecule has 0 saturated carbocycles. The van der Waals surface area contributed by atoms with Gasteiger partial charge < -0.3 is 5.73 Å². The van der Waals surface area contributed by atoms with Crippen LogP contribution in [0.3, 0.4) is 0 Å². The lowest BCUT2D eigenvalue weighted by atomic mass is 9.93. The van der Waals surface area contributed by atoms with Crippen LogP contribution in [0.5, 0.6) is 0 Å². The molecule has 1 aromatic carbocycles. The average Bonchev–Trinajstić information content (AvgIpc) is 2.75. The second kappa shape index (κ2) is 5.01. The van der Waals surface area contributed by atoms with Crippen LogP contribution >= 0.6 is 0 Å². The van der Waals surface area contributed by atoms with Gasteiger partial charge in [-0.1, -0.05) is 38.5 Å². The fourth-order valence-corrected chi connectivity index (χ4v) is 2.53. The van der Waals surface area contributed by atoms with Crippen molar-refractivity contribution in [1.82, 2.24) is 0 Å². The highest BCUT2D eigenvalue weighted by Gasteiger charge is 2.14. The Hall–Kier alpha value is -0.820. The highest BCUT2D eigenvalue weighted by Crippen LogP contribution is 2.23. The molecule has 1 aliphatic rings. The Morgan fingerprint density at radius 3 is 2.75 bits per heavy atom. The lowest BCUT2D eigenvalue weighted by Crippen LogP contribution is -2.30. The third-order valence-electron chi connectivity index (χ3n) is 4.01. The molecular weight excluding hydrogens is 194 g/mol. The number of aryl methyl sites for hydroxylation is 2. The zero-order valence-electron chi connectivity index (χ0n) is 10.5. The normalized spacial score (nSPS) is 18.2. The summed E-state index contributed by atoms with van der Waals surface area (Å²) < 4.78 is 0. The standard InChI is InChI=1S/C15H23N/c1-3-11(2)15(16)10-12-7-8-13-5-4-6-14(13)9-12/h7-9,11,15H,3-6,10,16H2,1-2H3. The molecule has 2 unspecified atom stereocenters. The van der Waals surface area contributed by atoms with Crippen LogP contribution < -0.4 is 5.73 Å². The van der Waals surface area contributed by atoms with E-state index in [1.54, 1.807) is 11.1 Å². The van der Waals surface area contributed by atoms with Crippen molar-refractivity contribution in [2.45, 2.75) is 52.0 Å². The Kier molecular flexibility index (Phi) is 3.65. The maximum atomic E-state index is 6.20. The van der Waals surface area contributed by atoms with E-state index in [0.29, 0.717) is 12.0 Å². The largest absolute Gasteiger partial charge is 0.327 e. The molecule has 0 bridgehead atoms. The molecule has 1 nitrogen and oxygen atoms in total. The van der Waals surface area contributed by atoms with E-state index in [9.17, 15) is 0 Å². The summed E-state index contributed by atoms with van der Waals surface area (Å²) in [6.07, 6.45) is 6.07. The molecule has 0 spiro atoms. The van der Waals surface area contributed by atoms with Crippen molar-refractivity contribution in [1.29, 1.82) is 0 Å². The Bertz CT molecular complexity index is 356. The van der Waals surface area contributed by atoms with E-state index in [0.717, 1.165) is 6.42 Å². The number of hydrogen-bond donors (Lipinski definition) is 1. The van der Waals surface area contributed by atoms with Crippen molar-refractivity contribution in [3.63, 3.8) is 0 Å². The van der Waals surface area contributed by atoms with Crippen molar-refractivity contribution >= 4 is 0 Å². The van der Waals surface area contributed by atoms with Crippen LogP contribution in [-0.2, 0) is 19.3 Å². The van der Waals surface area contributed by atoms with Crippen molar-refractivity contribution in [2.75, 3.05) is 0 Å². The predicted octanol–water partition coefficient (Wildman–Crippen LogP) is 3.09. The molecule has 1 aromatic rings. The van der Waals surface area contributed by atoms with Crippen LogP contribution in [0.4, 0.5) is 0 Å². The molecule has 0 aliphatic heterocycles. The van der Waals surface area contributed by atoms with Gasteiger partial charge in [-0.15, -0.1) is 0 Å². The van der Waals surface area contributed by atoms with Gasteiger partial charge >= 0.3 is 0 Å². The average molecular weight is 217 g/mol. The number of hydrogen-bond acceptors (Lipinski definition) is 1. The molecule has 0 fully saturated rings. The van der Waals surface area contributed by atoms with Crippen LogP contribution in [0.2, 0.25) is 0 Å². The topological polar surface area (TPSA) is 26.0 Å². The zero-order chi connectivity index (χ0) is 11.5. The molecule has 2 rings (SSSR count). The van der Waals surface area contributed by atoms with Crippen LogP contribution in [-0.4, -0.2) is 6.04 Å². The van der Waals surface area contributed by atoms with Crippen LogP contribution in [0.15, 0.2) is 18.2 Å².